The Labute approximate surface area is 202 Å². The summed E-state index contributed by atoms with van der Waals surface area (Å²) in [6, 6.07) is 16.3. The van der Waals surface area contributed by atoms with E-state index >= 15 is 0 Å². The predicted molar refractivity (Wildman–Crippen MR) is 136 cm³/mol. The molecule has 1 atom stereocenters. The maximum Gasteiger partial charge on any atom is 0.318 e. The molecule has 0 radical (unpaired) electrons. The van der Waals surface area contributed by atoms with Crippen LogP contribution in [0.5, 0.6) is 6.01 Å². The van der Waals surface area contributed by atoms with E-state index in [4.69, 9.17) is 14.7 Å². The number of likely N-dealkylation sites (tertiary alicyclic amines) is 1. The molecule has 0 unspecified atom stereocenters. The second-order valence-electron chi connectivity index (χ2n) is 10.2. The standard InChI is InChI=1S/C28H35N5O/c1-31-14-8-12-23(31)20-34-28-29-26-19-32(17-22-11-7-10-21-9-3-4-13-24(21)22)18-25(26)27(30-28)33-15-5-2-6-16-33/h3-4,7,9-11,13,23H,2,5-6,8,12,14-20H2,1H3/t23-/m0/s1. The van der Waals surface area contributed by atoms with Crippen molar-refractivity contribution in [2.45, 2.75) is 57.8 Å². The molecule has 2 fully saturated rings. The number of hydrogen-bond donors (Lipinski definition) is 0. The Morgan fingerprint density at radius 2 is 1.76 bits per heavy atom. The van der Waals surface area contributed by atoms with E-state index in [1.807, 2.05) is 0 Å². The summed E-state index contributed by atoms with van der Waals surface area (Å²) in [5.74, 6) is 1.11. The Hall–Kier alpha value is -2.70. The van der Waals surface area contributed by atoms with Crippen LogP contribution in [0.1, 0.15) is 48.9 Å². The molecule has 0 spiro atoms. The van der Waals surface area contributed by atoms with Crippen molar-refractivity contribution in [3.05, 3.63) is 59.3 Å². The third-order valence-corrected chi connectivity index (χ3v) is 7.81. The van der Waals surface area contributed by atoms with Crippen LogP contribution in [0, 0.1) is 0 Å². The maximum atomic E-state index is 6.22. The van der Waals surface area contributed by atoms with Crippen LogP contribution in [0.3, 0.4) is 0 Å². The Morgan fingerprint density at radius 1 is 0.912 bits per heavy atom. The molecule has 0 N–H and O–H groups in total. The fourth-order valence-electron chi connectivity index (χ4n) is 5.85. The number of ether oxygens (including phenoxy) is 1. The lowest BCUT2D eigenvalue weighted by atomic mass is 10.0. The molecule has 0 bridgehead atoms. The Morgan fingerprint density at radius 3 is 2.62 bits per heavy atom. The van der Waals surface area contributed by atoms with Crippen LogP contribution in [0.4, 0.5) is 5.82 Å². The van der Waals surface area contributed by atoms with Gasteiger partial charge in [-0.1, -0.05) is 42.5 Å². The van der Waals surface area contributed by atoms with E-state index in [2.05, 4.69) is 64.2 Å². The van der Waals surface area contributed by atoms with Crippen LogP contribution in [0.15, 0.2) is 42.5 Å². The highest BCUT2D eigenvalue weighted by Gasteiger charge is 2.29. The monoisotopic (exact) mass is 457 g/mol. The van der Waals surface area contributed by atoms with Crippen LogP contribution in [0.2, 0.25) is 0 Å². The van der Waals surface area contributed by atoms with Gasteiger partial charge in [-0.25, -0.2) is 0 Å². The van der Waals surface area contributed by atoms with Gasteiger partial charge < -0.3 is 14.5 Å². The summed E-state index contributed by atoms with van der Waals surface area (Å²) in [6.07, 6.45) is 6.23. The first kappa shape index (κ1) is 21.8. The molecule has 1 aromatic heterocycles. The van der Waals surface area contributed by atoms with Gasteiger partial charge >= 0.3 is 6.01 Å². The van der Waals surface area contributed by atoms with E-state index in [0.29, 0.717) is 18.7 Å². The molecule has 3 aromatic rings. The van der Waals surface area contributed by atoms with E-state index in [0.717, 1.165) is 50.8 Å². The van der Waals surface area contributed by atoms with E-state index < -0.39 is 0 Å². The largest absolute Gasteiger partial charge is 0.462 e. The smallest absolute Gasteiger partial charge is 0.318 e. The lowest BCUT2D eigenvalue weighted by Gasteiger charge is -2.29. The first-order valence-corrected chi connectivity index (χ1v) is 12.9. The zero-order valence-electron chi connectivity index (χ0n) is 20.2. The van der Waals surface area contributed by atoms with E-state index in [-0.39, 0.29) is 0 Å². The molecule has 0 amide bonds. The van der Waals surface area contributed by atoms with Crippen LogP contribution >= 0.6 is 0 Å². The van der Waals surface area contributed by atoms with Crippen LogP contribution < -0.4 is 9.64 Å². The number of piperidine rings is 1. The molecule has 178 valence electrons. The van der Waals surface area contributed by atoms with Gasteiger partial charge in [-0.15, -0.1) is 0 Å². The van der Waals surface area contributed by atoms with Crippen molar-refractivity contribution in [3.63, 3.8) is 0 Å². The van der Waals surface area contributed by atoms with Gasteiger partial charge in [-0.05, 0) is 62.0 Å². The zero-order chi connectivity index (χ0) is 22.9. The summed E-state index contributed by atoms with van der Waals surface area (Å²) >= 11 is 0. The summed E-state index contributed by atoms with van der Waals surface area (Å²) in [5, 5.41) is 2.64. The second-order valence-corrected chi connectivity index (χ2v) is 10.2. The summed E-state index contributed by atoms with van der Waals surface area (Å²) in [5.41, 5.74) is 3.82. The van der Waals surface area contributed by atoms with Gasteiger partial charge in [0.25, 0.3) is 0 Å². The van der Waals surface area contributed by atoms with Gasteiger partial charge in [0, 0.05) is 44.3 Å². The van der Waals surface area contributed by atoms with Crippen molar-refractivity contribution in [1.82, 2.24) is 19.8 Å². The van der Waals surface area contributed by atoms with Crippen LogP contribution in [0.25, 0.3) is 10.8 Å². The normalized spacial score (nSPS) is 21.3. The maximum absolute atomic E-state index is 6.22. The van der Waals surface area contributed by atoms with Crippen molar-refractivity contribution < 1.29 is 4.74 Å². The molecular weight excluding hydrogens is 422 g/mol. The van der Waals surface area contributed by atoms with E-state index in [9.17, 15) is 0 Å². The molecule has 0 aliphatic carbocycles. The average Bonchev–Trinajstić information content (AvgIpc) is 3.48. The molecule has 6 rings (SSSR count). The third kappa shape index (κ3) is 4.37. The molecule has 2 aromatic carbocycles. The van der Waals surface area contributed by atoms with Gasteiger partial charge in [0.2, 0.25) is 0 Å². The van der Waals surface area contributed by atoms with Crippen molar-refractivity contribution >= 4 is 16.6 Å². The highest BCUT2D eigenvalue weighted by Crippen LogP contribution is 2.34. The van der Waals surface area contributed by atoms with Crippen LogP contribution in [-0.4, -0.2) is 59.1 Å². The van der Waals surface area contributed by atoms with Gasteiger partial charge in [0.1, 0.15) is 12.4 Å². The quantitative estimate of drug-likeness (QED) is 0.539. The Bertz CT molecular complexity index is 1150. The molecule has 6 nitrogen and oxygen atoms in total. The minimum absolute atomic E-state index is 0.471. The molecule has 34 heavy (non-hydrogen) atoms. The first-order valence-electron chi connectivity index (χ1n) is 12.9. The molecule has 4 heterocycles. The number of fused-ring (bicyclic) bond motifs is 2. The topological polar surface area (TPSA) is 44.7 Å². The minimum Gasteiger partial charge on any atom is -0.462 e. The Kier molecular flexibility index (Phi) is 6.10. The zero-order valence-corrected chi connectivity index (χ0v) is 20.2. The number of anilines is 1. The van der Waals surface area contributed by atoms with Crippen LogP contribution in [-0.2, 0) is 19.6 Å². The van der Waals surface area contributed by atoms with Crippen molar-refractivity contribution in [3.8, 4) is 6.01 Å². The lowest BCUT2D eigenvalue weighted by Crippen LogP contribution is -2.32. The Balaban J connectivity index is 1.25. The van der Waals surface area contributed by atoms with Crippen molar-refractivity contribution in [2.24, 2.45) is 0 Å². The number of likely N-dealkylation sites (N-methyl/N-ethyl adjacent to an activating group) is 1. The molecule has 3 aliphatic heterocycles. The lowest BCUT2D eigenvalue weighted by molar-refractivity contribution is 0.187. The van der Waals surface area contributed by atoms with E-state index in [1.165, 1.54) is 54.0 Å². The fraction of sp³-hybridized carbons (Fsp3) is 0.500. The number of hydrogen-bond acceptors (Lipinski definition) is 6. The number of rotatable bonds is 6. The van der Waals surface area contributed by atoms with Gasteiger partial charge in [0.05, 0.1) is 5.69 Å². The fourth-order valence-corrected chi connectivity index (χ4v) is 5.85. The molecule has 2 saturated heterocycles. The number of aromatic nitrogens is 2. The van der Waals surface area contributed by atoms with Crippen molar-refractivity contribution in [1.29, 1.82) is 0 Å². The summed E-state index contributed by atoms with van der Waals surface area (Å²) < 4.78 is 6.22. The molecule has 6 heteroatoms. The first-order chi connectivity index (χ1) is 16.7. The average molecular weight is 458 g/mol. The summed E-state index contributed by atoms with van der Waals surface area (Å²) in [4.78, 5) is 17.3. The van der Waals surface area contributed by atoms with Crippen molar-refractivity contribution in [2.75, 3.05) is 38.2 Å². The van der Waals surface area contributed by atoms with Gasteiger partial charge in [-0.2, -0.15) is 9.97 Å². The highest BCUT2D eigenvalue weighted by atomic mass is 16.5. The molecule has 3 aliphatic rings. The minimum atomic E-state index is 0.471. The summed E-state index contributed by atoms with van der Waals surface area (Å²) in [7, 11) is 2.19. The molecular formula is C28H35N5O. The number of nitrogens with zero attached hydrogens (tertiary/aromatic N) is 5. The van der Waals surface area contributed by atoms with E-state index in [1.54, 1.807) is 0 Å². The number of benzene rings is 2. The SMILES string of the molecule is CN1CCC[C@H]1COc1nc2c(c(N3CCCCC3)n1)CN(Cc1cccc3ccccc13)C2. The predicted octanol–water partition coefficient (Wildman–Crippen LogP) is 4.61. The third-order valence-electron chi connectivity index (χ3n) is 7.81. The highest BCUT2D eigenvalue weighted by molar-refractivity contribution is 5.85. The summed E-state index contributed by atoms with van der Waals surface area (Å²) in [6.45, 7) is 6.66. The van der Waals surface area contributed by atoms with Gasteiger partial charge in [-0.3, -0.25) is 4.90 Å². The van der Waals surface area contributed by atoms with Gasteiger partial charge in [0.15, 0.2) is 0 Å². The molecule has 0 saturated carbocycles. The second kappa shape index (κ2) is 9.51.